The molecule has 0 amide bonds. The van der Waals surface area contributed by atoms with Crippen LogP contribution in [-0.4, -0.2) is 29.1 Å². The highest BCUT2D eigenvalue weighted by Gasteiger charge is 2.41. The predicted molar refractivity (Wildman–Crippen MR) is 90.6 cm³/mol. The summed E-state index contributed by atoms with van der Waals surface area (Å²) in [6.45, 7) is 8.59. The Labute approximate surface area is 134 Å². The van der Waals surface area contributed by atoms with Crippen molar-refractivity contribution in [2.75, 3.05) is 13.1 Å². The van der Waals surface area contributed by atoms with Crippen LogP contribution in [0.15, 0.2) is 24.3 Å². The largest absolute Gasteiger partial charge is 0.384 e. The molecule has 0 radical (unpaired) electrons. The third kappa shape index (κ3) is 3.44. The number of hydrogen-bond donors (Lipinski definition) is 1. The molecule has 0 unspecified atom stereocenters. The van der Waals surface area contributed by atoms with E-state index in [-0.39, 0.29) is 23.0 Å². The van der Waals surface area contributed by atoms with E-state index in [4.69, 9.17) is 0 Å². The van der Waals surface area contributed by atoms with Crippen molar-refractivity contribution >= 4 is 17.0 Å². The molecule has 3 heteroatoms. The van der Waals surface area contributed by atoms with Crippen molar-refractivity contribution < 1.29 is 5.11 Å². The number of nitrogens with zero attached hydrogens (tertiary/aromatic N) is 1. The van der Waals surface area contributed by atoms with E-state index >= 15 is 0 Å². The molecule has 2 rings (SSSR count). The Morgan fingerprint density at radius 2 is 1.80 bits per heavy atom. The van der Waals surface area contributed by atoms with Crippen LogP contribution in [0.1, 0.15) is 51.2 Å². The molecular weight excluding hydrogens is 314 g/mol. The first-order chi connectivity index (χ1) is 9.11. The number of benzene rings is 1. The molecule has 2 atom stereocenters. The van der Waals surface area contributed by atoms with E-state index < -0.39 is 5.60 Å². The van der Waals surface area contributed by atoms with Crippen LogP contribution in [0.2, 0.25) is 0 Å². The summed E-state index contributed by atoms with van der Waals surface area (Å²) in [7, 11) is 0. The Kier molecular flexibility index (Phi) is 6.70. The first-order valence-electron chi connectivity index (χ1n) is 7.66. The molecule has 0 saturated carbocycles. The highest BCUT2D eigenvalue weighted by atomic mass is 79.9. The molecule has 1 aromatic rings. The lowest BCUT2D eigenvalue weighted by atomic mass is 9.76. The fourth-order valence-electron chi connectivity index (χ4n) is 3.52. The molecule has 0 heterocycles. The van der Waals surface area contributed by atoms with E-state index in [1.165, 1.54) is 5.56 Å². The van der Waals surface area contributed by atoms with Gasteiger partial charge in [0.2, 0.25) is 0 Å². The molecule has 1 aliphatic carbocycles. The normalized spacial score (nSPS) is 25.1. The Morgan fingerprint density at radius 1 is 1.20 bits per heavy atom. The van der Waals surface area contributed by atoms with Gasteiger partial charge in [-0.05, 0) is 56.8 Å². The minimum absolute atomic E-state index is 0. The maximum atomic E-state index is 11.1. The topological polar surface area (TPSA) is 23.5 Å². The van der Waals surface area contributed by atoms with Crippen LogP contribution in [0.4, 0.5) is 0 Å². The molecule has 1 N–H and O–H groups in total. The van der Waals surface area contributed by atoms with Crippen molar-refractivity contribution in [1.82, 2.24) is 4.90 Å². The Hall–Kier alpha value is -0.380. The van der Waals surface area contributed by atoms with Crippen molar-refractivity contribution in [1.29, 1.82) is 0 Å². The van der Waals surface area contributed by atoms with Crippen LogP contribution in [-0.2, 0) is 12.0 Å². The minimum atomic E-state index is -0.723. The first kappa shape index (κ1) is 17.7. The van der Waals surface area contributed by atoms with Gasteiger partial charge in [0, 0.05) is 6.04 Å². The van der Waals surface area contributed by atoms with Gasteiger partial charge >= 0.3 is 0 Å². The van der Waals surface area contributed by atoms with E-state index in [0.717, 1.165) is 44.3 Å². The van der Waals surface area contributed by atoms with Gasteiger partial charge in [-0.2, -0.15) is 0 Å². The molecule has 114 valence electrons. The SMILES string of the molecule is Br.CCCN(CCC)[C@H]1CCc2ccccc2[C@]1(C)O. The summed E-state index contributed by atoms with van der Waals surface area (Å²) in [4.78, 5) is 2.48. The summed E-state index contributed by atoms with van der Waals surface area (Å²) in [6, 6.07) is 8.62. The highest BCUT2D eigenvalue weighted by molar-refractivity contribution is 8.93. The molecule has 0 aliphatic heterocycles. The fraction of sp³-hybridized carbons (Fsp3) is 0.647. The number of hydrogen-bond acceptors (Lipinski definition) is 2. The zero-order chi connectivity index (χ0) is 13.9. The fourth-order valence-corrected chi connectivity index (χ4v) is 3.52. The molecule has 20 heavy (non-hydrogen) atoms. The molecule has 0 fully saturated rings. The van der Waals surface area contributed by atoms with E-state index in [2.05, 4.69) is 36.9 Å². The Bertz CT molecular complexity index is 413. The summed E-state index contributed by atoms with van der Waals surface area (Å²) in [5, 5.41) is 11.1. The molecule has 0 saturated heterocycles. The van der Waals surface area contributed by atoms with Gasteiger partial charge in [-0.3, -0.25) is 4.90 Å². The van der Waals surface area contributed by atoms with Crippen LogP contribution < -0.4 is 0 Å². The van der Waals surface area contributed by atoms with Gasteiger partial charge in [0.1, 0.15) is 5.60 Å². The molecule has 1 aromatic carbocycles. The smallest absolute Gasteiger partial charge is 0.103 e. The first-order valence-corrected chi connectivity index (χ1v) is 7.66. The van der Waals surface area contributed by atoms with E-state index in [0.29, 0.717) is 0 Å². The minimum Gasteiger partial charge on any atom is -0.384 e. The summed E-state index contributed by atoms with van der Waals surface area (Å²) in [5.41, 5.74) is 1.72. The lowest BCUT2D eigenvalue weighted by molar-refractivity contribution is -0.0495. The molecule has 1 aliphatic rings. The standard InChI is InChI=1S/C17H27NO.BrH/c1-4-12-18(13-5-2)16-11-10-14-8-6-7-9-15(14)17(16,3)19;/h6-9,16,19H,4-5,10-13H2,1-3H3;1H/t16-,17-;/m0./s1. The molecular formula is C17H28BrNO. The van der Waals surface area contributed by atoms with Crippen LogP contribution in [0.5, 0.6) is 0 Å². The van der Waals surface area contributed by atoms with E-state index in [1.54, 1.807) is 0 Å². The average molecular weight is 342 g/mol. The summed E-state index contributed by atoms with van der Waals surface area (Å²) in [5.74, 6) is 0. The van der Waals surface area contributed by atoms with Crippen LogP contribution in [0.25, 0.3) is 0 Å². The van der Waals surface area contributed by atoms with Gasteiger partial charge in [0.05, 0.1) is 0 Å². The van der Waals surface area contributed by atoms with Gasteiger partial charge in [0.25, 0.3) is 0 Å². The van der Waals surface area contributed by atoms with Crippen molar-refractivity contribution in [3.63, 3.8) is 0 Å². The van der Waals surface area contributed by atoms with Crippen LogP contribution in [0, 0.1) is 0 Å². The third-order valence-electron chi connectivity index (χ3n) is 4.36. The van der Waals surface area contributed by atoms with Crippen molar-refractivity contribution in [3.05, 3.63) is 35.4 Å². The van der Waals surface area contributed by atoms with E-state index in [9.17, 15) is 5.11 Å². The van der Waals surface area contributed by atoms with E-state index in [1.807, 2.05) is 13.0 Å². The maximum Gasteiger partial charge on any atom is 0.103 e. The Morgan fingerprint density at radius 3 is 2.40 bits per heavy atom. The van der Waals surface area contributed by atoms with Crippen molar-refractivity contribution in [3.8, 4) is 0 Å². The quantitative estimate of drug-likeness (QED) is 0.877. The predicted octanol–water partition coefficient (Wildman–Crippen LogP) is 3.91. The number of rotatable bonds is 5. The molecule has 2 nitrogen and oxygen atoms in total. The summed E-state index contributed by atoms with van der Waals surface area (Å²) in [6.07, 6.45) is 4.44. The van der Waals surface area contributed by atoms with Crippen molar-refractivity contribution in [2.24, 2.45) is 0 Å². The van der Waals surface area contributed by atoms with Gasteiger partial charge < -0.3 is 5.11 Å². The van der Waals surface area contributed by atoms with Gasteiger partial charge in [-0.15, -0.1) is 17.0 Å². The second-order valence-electron chi connectivity index (χ2n) is 5.90. The zero-order valence-corrected chi connectivity index (χ0v) is 14.6. The Balaban J connectivity index is 0.00000200. The average Bonchev–Trinajstić information content (AvgIpc) is 2.39. The molecule has 0 bridgehead atoms. The highest BCUT2D eigenvalue weighted by Crippen LogP contribution is 2.37. The van der Waals surface area contributed by atoms with Gasteiger partial charge in [-0.25, -0.2) is 0 Å². The second kappa shape index (κ2) is 7.58. The van der Waals surface area contributed by atoms with Gasteiger partial charge in [0.15, 0.2) is 0 Å². The number of aliphatic hydroxyl groups is 1. The second-order valence-corrected chi connectivity index (χ2v) is 5.90. The van der Waals surface area contributed by atoms with Crippen LogP contribution >= 0.6 is 17.0 Å². The molecule has 0 spiro atoms. The summed E-state index contributed by atoms with van der Waals surface area (Å²) >= 11 is 0. The number of halogens is 1. The summed E-state index contributed by atoms with van der Waals surface area (Å²) < 4.78 is 0. The molecule has 0 aromatic heterocycles. The maximum absolute atomic E-state index is 11.1. The monoisotopic (exact) mass is 341 g/mol. The third-order valence-corrected chi connectivity index (χ3v) is 4.36. The lowest BCUT2D eigenvalue weighted by Crippen LogP contribution is -2.52. The van der Waals surface area contributed by atoms with Crippen molar-refractivity contribution in [2.45, 2.75) is 58.1 Å². The number of aryl methyl sites for hydroxylation is 1. The van der Waals surface area contributed by atoms with Crippen LogP contribution in [0.3, 0.4) is 0 Å². The number of fused-ring (bicyclic) bond motifs is 1. The van der Waals surface area contributed by atoms with Gasteiger partial charge in [-0.1, -0.05) is 38.1 Å². The zero-order valence-electron chi connectivity index (χ0n) is 12.9. The lowest BCUT2D eigenvalue weighted by Gasteiger charge is -2.45.